The number of ketones is 1. The number of carbonyl (C=O) groups is 4. The van der Waals surface area contributed by atoms with Crippen molar-refractivity contribution in [3.05, 3.63) is 65.7 Å². The van der Waals surface area contributed by atoms with Gasteiger partial charge < -0.3 is 10.6 Å². The summed E-state index contributed by atoms with van der Waals surface area (Å²) < 4.78 is 0. The molecule has 2 aromatic rings. The van der Waals surface area contributed by atoms with Crippen molar-refractivity contribution in [2.75, 3.05) is 11.9 Å². The quantitative estimate of drug-likeness (QED) is 0.558. The minimum atomic E-state index is -1.15. The molecule has 1 fully saturated rings. The molecule has 1 atom stereocenters. The van der Waals surface area contributed by atoms with Gasteiger partial charge in [0.25, 0.3) is 5.91 Å². The van der Waals surface area contributed by atoms with E-state index in [9.17, 15) is 19.2 Å². The first-order chi connectivity index (χ1) is 13.9. The van der Waals surface area contributed by atoms with Crippen molar-refractivity contribution < 1.29 is 19.2 Å². The van der Waals surface area contributed by atoms with Crippen molar-refractivity contribution in [1.82, 2.24) is 10.2 Å². The van der Waals surface area contributed by atoms with Gasteiger partial charge >= 0.3 is 6.03 Å². The second-order valence-corrected chi connectivity index (χ2v) is 7.02. The molecule has 0 spiro atoms. The Balaban J connectivity index is 1.80. The highest BCUT2D eigenvalue weighted by atomic mass is 16.2. The molecule has 2 aromatic carbocycles. The van der Waals surface area contributed by atoms with Crippen LogP contribution in [0.1, 0.15) is 42.6 Å². The van der Waals surface area contributed by atoms with Crippen molar-refractivity contribution in [1.29, 1.82) is 0 Å². The van der Waals surface area contributed by atoms with Gasteiger partial charge in [0.2, 0.25) is 5.91 Å². The Morgan fingerprint density at radius 3 is 2.28 bits per heavy atom. The molecular formula is C22H23N3O4. The summed E-state index contributed by atoms with van der Waals surface area (Å²) in [7, 11) is 0. The van der Waals surface area contributed by atoms with Crippen LogP contribution in [0.2, 0.25) is 0 Å². The lowest BCUT2D eigenvalue weighted by molar-refractivity contribution is -0.131. The predicted octanol–water partition coefficient (Wildman–Crippen LogP) is 3.08. The van der Waals surface area contributed by atoms with Gasteiger partial charge in [-0.1, -0.05) is 43.7 Å². The third-order valence-corrected chi connectivity index (χ3v) is 4.90. The highest BCUT2D eigenvalue weighted by Gasteiger charge is 2.52. The summed E-state index contributed by atoms with van der Waals surface area (Å²) in [6.07, 6.45) is 1.13. The molecule has 1 heterocycles. The van der Waals surface area contributed by atoms with Crippen LogP contribution in [0.15, 0.2) is 54.6 Å². The van der Waals surface area contributed by atoms with Gasteiger partial charge in [0, 0.05) is 18.2 Å². The van der Waals surface area contributed by atoms with Gasteiger partial charge in [-0.25, -0.2) is 4.79 Å². The first kappa shape index (κ1) is 20.3. The molecule has 2 N–H and O–H groups in total. The summed E-state index contributed by atoms with van der Waals surface area (Å²) in [6.45, 7) is 2.99. The summed E-state index contributed by atoms with van der Waals surface area (Å²) >= 11 is 0. The Morgan fingerprint density at radius 1 is 1.03 bits per heavy atom. The molecule has 150 valence electrons. The Labute approximate surface area is 169 Å². The zero-order valence-corrected chi connectivity index (χ0v) is 16.4. The number of nitrogens with one attached hydrogen (secondary N) is 2. The summed E-state index contributed by atoms with van der Waals surface area (Å²) in [4.78, 5) is 50.5. The van der Waals surface area contributed by atoms with Gasteiger partial charge in [-0.15, -0.1) is 0 Å². The van der Waals surface area contributed by atoms with Crippen molar-refractivity contribution >= 4 is 29.3 Å². The molecule has 1 aliphatic rings. The first-order valence-electron chi connectivity index (χ1n) is 9.48. The van der Waals surface area contributed by atoms with Gasteiger partial charge in [-0.2, -0.15) is 0 Å². The standard InChI is InChI=1S/C22H23N3O4/c1-3-13-22(17-7-5-4-6-8-17)20(28)25(21(29)24-22)14-19(27)16-9-11-18(12-10-16)23-15(2)26/h4-12H,3,13-14H2,1-2H3,(H,23,26)(H,24,29). The summed E-state index contributed by atoms with van der Waals surface area (Å²) in [5.41, 5.74) is 0.472. The maximum absolute atomic E-state index is 13.2. The lowest BCUT2D eigenvalue weighted by Crippen LogP contribution is -2.44. The van der Waals surface area contributed by atoms with Crippen molar-refractivity contribution in [3.8, 4) is 0 Å². The van der Waals surface area contributed by atoms with Crippen LogP contribution in [0.4, 0.5) is 10.5 Å². The van der Waals surface area contributed by atoms with Crippen LogP contribution in [-0.2, 0) is 15.1 Å². The molecule has 1 saturated heterocycles. The number of hydrogen-bond acceptors (Lipinski definition) is 4. The van der Waals surface area contributed by atoms with Crippen LogP contribution in [0.5, 0.6) is 0 Å². The number of amides is 4. The summed E-state index contributed by atoms with van der Waals surface area (Å²) in [5, 5.41) is 5.43. The molecule has 1 aliphatic heterocycles. The number of urea groups is 1. The Bertz CT molecular complexity index is 940. The van der Waals surface area contributed by atoms with E-state index in [-0.39, 0.29) is 18.2 Å². The fourth-order valence-electron chi connectivity index (χ4n) is 3.55. The lowest BCUT2D eigenvalue weighted by atomic mass is 9.85. The van der Waals surface area contributed by atoms with Crippen LogP contribution >= 0.6 is 0 Å². The van der Waals surface area contributed by atoms with Crippen molar-refractivity contribution in [3.63, 3.8) is 0 Å². The van der Waals surface area contributed by atoms with Gasteiger partial charge in [0.1, 0.15) is 5.54 Å². The van der Waals surface area contributed by atoms with E-state index in [1.807, 2.05) is 25.1 Å². The highest BCUT2D eigenvalue weighted by Crippen LogP contribution is 2.33. The third kappa shape index (κ3) is 4.03. The van der Waals surface area contributed by atoms with Crippen LogP contribution in [0.25, 0.3) is 0 Å². The van der Waals surface area contributed by atoms with Crippen LogP contribution in [-0.4, -0.2) is 35.1 Å². The second-order valence-electron chi connectivity index (χ2n) is 7.02. The molecule has 0 saturated carbocycles. The third-order valence-electron chi connectivity index (χ3n) is 4.90. The number of hydrogen-bond donors (Lipinski definition) is 2. The Hall–Kier alpha value is -3.48. The van der Waals surface area contributed by atoms with Crippen LogP contribution in [0.3, 0.4) is 0 Å². The second kappa shape index (κ2) is 8.26. The molecule has 0 radical (unpaired) electrons. The van der Waals surface area contributed by atoms with E-state index >= 15 is 0 Å². The maximum atomic E-state index is 13.2. The highest BCUT2D eigenvalue weighted by molar-refractivity contribution is 6.11. The summed E-state index contributed by atoms with van der Waals surface area (Å²) in [5.74, 6) is -0.987. The topological polar surface area (TPSA) is 95.6 Å². The Morgan fingerprint density at radius 2 is 1.69 bits per heavy atom. The number of imide groups is 1. The zero-order valence-electron chi connectivity index (χ0n) is 16.4. The SMILES string of the molecule is CCCC1(c2ccccc2)NC(=O)N(CC(=O)c2ccc(NC(C)=O)cc2)C1=O. The minimum absolute atomic E-state index is 0.211. The average molecular weight is 393 g/mol. The minimum Gasteiger partial charge on any atom is -0.326 e. The first-order valence-corrected chi connectivity index (χ1v) is 9.48. The van der Waals surface area contributed by atoms with Gasteiger partial charge in [-0.3, -0.25) is 19.3 Å². The average Bonchev–Trinajstić information content (AvgIpc) is 2.94. The van der Waals surface area contributed by atoms with Gasteiger partial charge in [-0.05, 0) is 36.2 Å². The van der Waals surface area contributed by atoms with Gasteiger partial charge in [0.05, 0.1) is 6.54 Å². The lowest BCUT2D eigenvalue weighted by Gasteiger charge is -2.26. The number of carbonyl (C=O) groups excluding carboxylic acids is 4. The number of anilines is 1. The predicted molar refractivity (Wildman–Crippen MR) is 108 cm³/mol. The van der Waals surface area contributed by atoms with Crippen molar-refractivity contribution in [2.24, 2.45) is 0 Å². The number of Topliss-reactive ketones (excluding diaryl/α,β-unsaturated/α-hetero) is 1. The van der Waals surface area contributed by atoms with E-state index in [0.717, 1.165) is 4.90 Å². The largest absolute Gasteiger partial charge is 0.326 e. The molecule has 4 amide bonds. The number of rotatable bonds is 7. The Kier molecular flexibility index (Phi) is 5.77. The molecule has 1 unspecified atom stereocenters. The van der Waals surface area contributed by atoms with E-state index < -0.39 is 17.5 Å². The monoisotopic (exact) mass is 393 g/mol. The van der Waals surface area contributed by atoms with Crippen molar-refractivity contribution in [2.45, 2.75) is 32.2 Å². The van der Waals surface area contributed by atoms with E-state index in [0.29, 0.717) is 29.7 Å². The molecule has 7 nitrogen and oxygen atoms in total. The smallest absolute Gasteiger partial charge is 0.325 e. The zero-order chi connectivity index (χ0) is 21.0. The number of nitrogens with zero attached hydrogens (tertiary/aromatic N) is 1. The van der Waals surface area contributed by atoms with Crippen LogP contribution in [0, 0.1) is 0 Å². The van der Waals surface area contributed by atoms with E-state index in [1.54, 1.807) is 36.4 Å². The normalized spacial score (nSPS) is 18.5. The molecule has 29 heavy (non-hydrogen) atoms. The fourth-order valence-corrected chi connectivity index (χ4v) is 3.55. The molecule has 3 rings (SSSR count). The molecule has 7 heteroatoms. The summed E-state index contributed by atoms with van der Waals surface area (Å²) in [6, 6.07) is 14.8. The van der Waals surface area contributed by atoms with Gasteiger partial charge in [0.15, 0.2) is 5.78 Å². The maximum Gasteiger partial charge on any atom is 0.325 e. The molecule has 0 aromatic heterocycles. The number of benzene rings is 2. The fraction of sp³-hybridized carbons (Fsp3) is 0.273. The molecule has 0 aliphatic carbocycles. The molecule has 0 bridgehead atoms. The van der Waals surface area contributed by atoms with Crippen LogP contribution < -0.4 is 10.6 Å². The van der Waals surface area contributed by atoms with E-state index in [1.165, 1.54) is 6.92 Å². The molecular weight excluding hydrogens is 370 g/mol. The van der Waals surface area contributed by atoms with E-state index in [2.05, 4.69) is 10.6 Å². The van der Waals surface area contributed by atoms with E-state index in [4.69, 9.17) is 0 Å².